The minimum Gasteiger partial charge on any atom is -0.375 e. The molecule has 0 saturated carbocycles. The summed E-state index contributed by atoms with van der Waals surface area (Å²) >= 11 is 0. The average Bonchev–Trinajstić information content (AvgIpc) is 2.80. The first-order valence-corrected chi connectivity index (χ1v) is 5.38. The number of nitrogens with zero attached hydrogens (tertiary/aromatic N) is 1. The minimum atomic E-state index is 0. The molecule has 0 aromatic carbocycles. The van der Waals surface area contributed by atoms with E-state index >= 15 is 0 Å². The van der Waals surface area contributed by atoms with Crippen LogP contribution >= 0.6 is 0 Å². The first-order valence-electron chi connectivity index (χ1n) is 5.38. The number of rotatable bonds is 1. The van der Waals surface area contributed by atoms with Crippen LogP contribution in [0, 0.1) is 17.9 Å². The van der Waals surface area contributed by atoms with Gasteiger partial charge in [-0.3, -0.25) is 0 Å². The maximum Gasteiger partial charge on any atom is 0.117 e. The van der Waals surface area contributed by atoms with Crippen LogP contribution in [0.1, 0.15) is 31.0 Å². The van der Waals surface area contributed by atoms with Crippen LogP contribution in [0.4, 0.5) is 0 Å². The van der Waals surface area contributed by atoms with Gasteiger partial charge in [0.2, 0.25) is 0 Å². The minimum absolute atomic E-state index is 0. The van der Waals surface area contributed by atoms with Gasteiger partial charge in [0.15, 0.2) is 0 Å². The fraction of sp³-hybridized carbons (Fsp3) is 0.462. The van der Waals surface area contributed by atoms with Crippen molar-refractivity contribution in [2.75, 3.05) is 6.61 Å². The Kier molecular flexibility index (Phi) is 6.20. The first-order chi connectivity index (χ1) is 7.38. The van der Waals surface area contributed by atoms with Gasteiger partial charge in [-0.05, 0) is 18.5 Å². The molecule has 3 heteroatoms. The molecule has 1 atom stereocenters. The predicted octanol–water partition coefficient (Wildman–Crippen LogP) is 1.97. The molecule has 1 aliphatic rings. The molecule has 81 valence electrons. The summed E-state index contributed by atoms with van der Waals surface area (Å²) in [7, 11) is 0. The molecular formula is C13H14NOY-. The average molecular weight is 289 g/mol. The van der Waals surface area contributed by atoms with Gasteiger partial charge >= 0.3 is 0 Å². The summed E-state index contributed by atoms with van der Waals surface area (Å²) < 4.78 is 5.41. The zero-order chi connectivity index (χ0) is 10.5. The van der Waals surface area contributed by atoms with E-state index in [1.807, 2.05) is 12.3 Å². The molecule has 16 heavy (non-hydrogen) atoms. The summed E-state index contributed by atoms with van der Waals surface area (Å²) in [5.74, 6) is 6.10. The Bertz CT molecular complexity index is 371. The van der Waals surface area contributed by atoms with Crippen molar-refractivity contribution in [2.24, 2.45) is 0 Å². The number of aromatic nitrogens is 1. The molecule has 0 spiro atoms. The van der Waals surface area contributed by atoms with Crippen molar-refractivity contribution < 1.29 is 37.4 Å². The van der Waals surface area contributed by atoms with Crippen molar-refractivity contribution in [3.05, 3.63) is 29.6 Å². The Balaban J connectivity index is 0.00000128. The van der Waals surface area contributed by atoms with E-state index in [0.29, 0.717) is 0 Å². The van der Waals surface area contributed by atoms with E-state index in [1.54, 1.807) is 0 Å². The fourth-order valence-electron chi connectivity index (χ4n) is 1.49. The summed E-state index contributed by atoms with van der Waals surface area (Å²) in [6.45, 7) is 2.93. The molecule has 1 aromatic rings. The van der Waals surface area contributed by atoms with E-state index in [1.165, 1.54) is 0 Å². The second-order valence-electron chi connectivity index (χ2n) is 3.58. The van der Waals surface area contributed by atoms with Crippen LogP contribution in [-0.4, -0.2) is 17.7 Å². The van der Waals surface area contributed by atoms with Crippen LogP contribution in [-0.2, 0) is 43.9 Å². The van der Waals surface area contributed by atoms with Gasteiger partial charge in [0.1, 0.15) is 6.10 Å². The fourth-order valence-corrected chi connectivity index (χ4v) is 1.49. The van der Waals surface area contributed by atoms with Gasteiger partial charge in [0, 0.05) is 39.3 Å². The van der Waals surface area contributed by atoms with Gasteiger partial charge in [-0.25, -0.2) is 0 Å². The number of ether oxygens (including phenoxy) is 1. The van der Waals surface area contributed by atoms with Gasteiger partial charge in [0.25, 0.3) is 0 Å². The van der Waals surface area contributed by atoms with Crippen LogP contribution in [0.15, 0.2) is 12.3 Å². The molecule has 2 heterocycles. The van der Waals surface area contributed by atoms with Crippen molar-refractivity contribution in [2.45, 2.75) is 32.3 Å². The van der Waals surface area contributed by atoms with Gasteiger partial charge in [-0.15, -0.1) is 17.6 Å². The zero-order valence-electron chi connectivity index (χ0n) is 9.49. The molecule has 0 bridgehead atoms. The van der Waals surface area contributed by atoms with E-state index in [9.17, 15) is 0 Å². The summed E-state index contributed by atoms with van der Waals surface area (Å²) in [6.07, 6.45) is 5.07. The van der Waals surface area contributed by atoms with E-state index in [2.05, 4.69) is 29.8 Å². The van der Waals surface area contributed by atoms with Crippen molar-refractivity contribution in [1.29, 1.82) is 0 Å². The van der Waals surface area contributed by atoms with Gasteiger partial charge in [-0.2, -0.15) is 6.07 Å². The van der Waals surface area contributed by atoms with Crippen LogP contribution in [0.25, 0.3) is 0 Å². The second-order valence-corrected chi connectivity index (χ2v) is 3.58. The summed E-state index contributed by atoms with van der Waals surface area (Å²) in [4.78, 5) is 4.25. The molecule has 1 aromatic heterocycles. The maximum atomic E-state index is 5.41. The Morgan fingerprint density at radius 1 is 1.62 bits per heavy atom. The first kappa shape index (κ1) is 13.8. The summed E-state index contributed by atoms with van der Waals surface area (Å²) in [6, 6.07) is 5.00. The van der Waals surface area contributed by atoms with Crippen molar-refractivity contribution in [3.63, 3.8) is 0 Å². The number of hydrogen-bond donors (Lipinski definition) is 0. The number of pyridine rings is 1. The van der Waals surface area contributed by atoms with Crippen molar-refractivity contribution in [3.8, 4) is 11.8 Å². The van der Waals surface area contributed by atoms with Gasteiger partial charge in [0.05, 0.1) is 0 Å². The summed E-state index contributed by atoms with van der Waals surface area (Å²) in [5.41, 5.74) is 1.90. The molecule has 2 nitrogen and oxygen atoms in total. The van der Waals surface area contributed by atoms with Gasteiger partial charge < -0.3 is 9.72 Å². The Morgan fingerprint density at radius 2 is 2.50 bits per heavy atom. The number of aryl methyl sites for hydroxylation is 1. The van der Waals surface area contributed by atoms with Gasteiger partial charge in [-0.1, -0.05) is 25.5 Å². The van der Waals surface area contributed by atoms with E-state index < -0.39 is 0 Å². The Labute approximate surface area is 122 Å². The molecule has 0 amide bonds. The third kappa shape index (κ3) is 3.98. The molecule has 2 rings (SSSR count). The topological polar surface area (TPSA) is 22.1 Å². The largest absolute Gasteiger partial charge is 0.375 e. The monoisotopic (exact) mass is 289 g/mol. The van der Waals surface area contributed by atoms with E-state index in [4.69, 9.17) is 4.74 Å². The molecule has 0 aliphatic carbocycles. The van der Waals surface area contributed by atoms with E-state index in [0.717, 1.165) is 37.1 Å². The van der Waals surface area contributed by atoms with E-state index in [-0.39, 0.29) is 38.8 Å². The van der Waals surface area contributed by atoms with Crippen molar-refractivity contribution in [1.82, 2.24) is 4.98 Å². The molecule has 1 radical (unpaired) electrons. The molecule has 1 aliphatic heterocycles. The molecule has 0 N–H and O–H groups in total. The third-order valence-electron chi connectivity index (χ3n) is 2.43. The van der Waals surface area contributed by atoms with Crippen LogP contribution in [0.2, 0.25) is 0 Å². The van der Waals surface area contributed by atoms with Crippen LogP contribution in [0.5, 0.6) is 0 Å². The Hall–Kier alpha value is -0.226. The quantitative estimate of drug-likeness (QED) is 0.582. The van der Waals surface area contributed by atoms with Crippen LogP contribution in [0.3, 0.4) is 0 Å². The molecular weight excluding hydrogens is 275 g/mol. The Morgan fingerprint density at radius 3 is 3.06 bits per heavy atom. The molecule has 1 unspecified atom stereocenters. The van der Waals surface area contributed by atoms with Crippen LogP contribution < -0.4 is 0 Å². The third-order valence-corrected chi connectivity index (χ3v) is 2.43. The van der Waals surface area contributed by atoms with Crippen molar-refractivity contribution >= 4 is 0 Å². The SMILES string of the molecule is CCc1[c-]cc(C#CC2CCCO2)nc1.[Y]. The molecule has 1 saturated heterocycles. The summed E-state index contributed by atoms with van der Waals surface area (Å²) in [5, 5.41) is 0. The predicted molar refractivity (Wildman–Crippen MR) is 58.3 cm³/mol. The zero-order valence-corrected chi connectivity index (χ0v) is 12.3. The smallest absolute Gasteiger partial charge is 0.117 e. The molecule has 1 fully saturated rings. The maximum absolute atomic E-state index is 5.41. The normalized spacial score (nSPS) is 18.4. The standard InChI is InChI=1S/C13H14NO.Y/c1-2-11-5-6-12(14-10-11)7-8-13-4-3-9-15-13;/h6,10,13H,2-4,9H2,1H3;/q-1;. The number of hydrogen-bond acceptors (Lipinski definition) is 2. The second kappa shape index (κ2) is 7.17.